The van der Waals surface area contributed by atoms with Gasteiger partial charge in [0, 0.05) is 0 Å². The topological polar surface area (TPSA) is 84.9 Å². The van der Waals surface area contributed by atoms with Crippen molar-refractivity contribution in [1.82, 2.24) is 5.32 Å². The summed E-state index contributed by atoms with van der Waals surface area (Å²) in [5.41, 5.74) is 0.254. The molecule has 7 nitrogen and oxygen atoms in total. The summed E-state index contributed by atoms with van der Waals surface area (Å²) < 4.78 is 35.9. The van der Waals surface area contributed by atoms with E-state index >= 15 is 0 Å². The number of rotatable bonds is 9. The first-order valence-corrected chi connectivity index (χ1v) is 10.7. The summed E-state index contributed by atoms with van der Waals surface area (Å²) in [6.07, 6.45) is 1.03. The molecule has 1 atom stereocenters. The Kier molecular flexibility index (Phi) is 7.53. The van der Waals surface area contributed by atoms with Gasteiger partial charge in [-0.15, -0.1) is 0 Å². The Labute approximate surface area is 170 Å². The number of sulfonamides is 1. The second kappa shape index (κ2) is 9.66. The summed E-state index contributed by atoms with van der Waals surface area (Å²) in [6, 6.07) is 13.2. The van der Waals surface area contributed by atoms with Gasteiger partial charge in [-0.25, -0.2) is 8.42 Å². The highest BCUT2D eigenvalue weighted by Gasteiger charge is 2.23. The lowest BCUT2D eigenvalue weighted by atomic mass is 10.3. The van der Waals surface area contributed by atoms with E-state index in [1.807, 2.05) is 0 Å². The van der Waals surface area contributed by atoms with Crippen LogP contribution >= 0.6 is 11.6 Å². The number of benzene rings is 2. The molecule has 0 spiro atoms. The molecule has 152 valence electrons. The molecule has 0 saturated carbocycles. The number of methoxy groups -OCH3 is 1. The Morgan fingerprint density at radius 2 is 1.75 bits per heavy atom. The summed E-state index contributed by atoms with van der Waals surface area (Å²) in [6.45, 7) is 1.61. The Morgan fingerprint density at radius 1 is 1.14 bits per heavy atom. The van der Waals surface area contributed by atoms with E-state index in [1.54, 1.807) is 62.6 Å². The van der Waals surface area contributed by atoms with Crippen molar-refractivity contribution in [1.29, 1.82) is 0 Å². The van der Waals surface area contributed by atoms with E-state index in [2.05, 4.69) is 5.32 Å². The summed E-state index contributed by atoms with van der Waals surface area (Å²) in [5.74, 6) is 0.890. The van der Waals surface area contributed by atoms with Crippen LogP contribution in [0.5, 0.6) is 11.5 Å². The molecule has 2 aromatic carbocycles. The van der Waals surface area contributed by atoms with Gasteiger partial charge < -0.3 is 14.8 Å². The minimum atomic E-state index is -3.69. The fourth-order valence-corrected chi connectivity index (χ4v) is 3.58. The van der Waals surface area contributed by atoms with Gasteiger partial charge in [0.1, 0.15) is 24.7 Å². The van der Waals surface area contributed by atoms with Crippen LogP contribution in [-0.4, -0.2) is 46.9 Å². The lowest BCUT2D eigenvalue weighted by Gasteiger charge is -2.24. The monoisotopic (exact) mass is 426 g/mol. The molecule has 0 radical (unpaired) electrons. The third kappa shape index (κ3) is 6.31. The molecule has 0 saturated heterocycles. The fourth-order valence-electron chi connectivity index (χ4n) is 2.42. The molecule has 0 aromatic heterocycles. The summed E-state index contributed by atoms with van der Waals surface area (Å²) in [7, 11) is -2.11. The zero-order valence-electron chi connectivity index (χ0n) is 15.9. The van der Waals surface area contributed by atoms with Crippen molar-refractivity contribution in [2.45, 2.75) is 13.0 Å². The van der Waals surface area contributed by atoms with Crippen molar-refractivity contribution >= 4 is 33.2 Å². The molecule has 0 fully saturated rings. The highest BCUT2D eigenvalue weighted by atomic mass is 35.5. The summed E-state index contributed by atoms with van der Waals surface area (Å²) >= 11 is 6.09. The van der Waals surface area contributed by atoms with E-state index in [-0.39, 0.29) is 29.9 Å². The third-order valence-electron chi connectivity index (χ3n) is 3.78. The van der Waals surface area contributed by atoms with Gasteiger partial charge in [-0.1, -0.05) is 23.7 Å². The number of nitrogens with one attached hydrogen (secondary N) is 1. The quantitative estimate of drug-likeness (QED) is 0.666. The zero-order chi connectivity index (χ0) is 20.7. The van der Waals surface area contributed by atoms with Gasteiger partial charge in [-0.2, -0.15) is 0 Å². The first kappa shape index (κ1) is 21.8. The minimum Gasteiger partial charge on any atom is -0.497 e. The molecule has 0 aliphatic rings. The molecule has 0 aliphatic carbocycles. The van der Waals surface area contributed by atoms with E-state index in [0.29, 0.717) is 11.5 Å². The van der Waals surface area contributed by atoms with Crippen molar-refractivity contribution in [3.05, 3.63) is 53.6 Å². The van der Waals surface area contributed by atoms with Crippen LogP contribution < -0.4 is 19.1 Å². The van der Waals surface area contributed by atoms with Gasteiger partial charge >= 0.3 is 0 Å². The largest absolute Gasteiger partial charge is 0.497 e. The Balaban J connectivity index is 1.95. The first-order chi connectivity index (χ1) is 13.2. The van der Waals surface area contributed by atoms with Gasteiger partial charge in [0.15, 0.2) is 0 Å². The molecular weight excluding hydrogens is 404 g/mol. The molecule has 0 heterocycles. The van der Waals surface area contributed by atoms with Crippen molar-refractivity contribution < 1.29 is 22.7 Å². The van der Waals surface area contributed by atoms with E-state index in [4.69, 9.17) is 21.1 Å². The van der Waals surface area contributed by atoms with Gasteiger partial charge in [-0.3, -0.25) is 9.10 Å². The van der Waals surface area contributed by atoms with Crippen LogP contribution in [0.15, 0.2) is 48.5 Å². The lowest BCUT2D eigenvalue weighted by molar-refractivity contribution is -0.120. The molecule has 28 heavy (non-hydrogen) atoms. The average Bonchev–Trinajstić information content (AvgIpc) is 2.65. The molecule has 9 heteroatoms. The minimum absolute atomic E-state index is 0.225. The summed E-state index contributed by atoms with van der Waals surface area (Å²) in [5, 5.41) is 2.97. The van der Waals surface area contributed by atoms with Crippen LogP contribution in [-0.2, 0) is 14.8 Å². The molecule has 2 aromatic rings. The van der Waals surface area contributed by atoms with E-state index in [0.717, 1.165) is 10.6 Å². The van der Waals surface area contributed by atoms with Crippen molar-refractivity contribution in [3.63, 3.8) is 0 Å². The number of ether oxygens (including phenoxy) is 2. The van der Waals surface area contributed by atoms with Crippen LogP contribution in [0, 0.1) is 0 Å². The zero-order valence-corrected chi connectivity index (χ0v) is 17.5. The molecule has 0 unspecified atom stereocenters. The van der Waals surface area contributed by atoms with Gasteiger partial charge in [0.2, 0.25) is 15.9 Å². The fraction of sp³-hybridized carbons (Fsp3) is 0.316. The Morgan fingerprint density at radius 3 is 2.32 bits per heavy atom. The van der Waals surface area contributed by atoms with E-state index in [1.165, 1.54) is 0 Å². The summed E-state index contributed by atoms with van der Waals surface area (Å²) in [4.78, 5) is 12.4. The second-order valence-electron chi connectivity index (χ2n) is 6.18. The number of hydrogen-bond donors (Lipinski definition) is 1. The second-order valence-corrected chi connectivity index (χ2v) is 8.49. The number of halogens is 1. The maximum Gasteiger partial charge on any atom is 0.241 e. The Hall–Kier alpha value is -2.45. The third-order valence-corrected chi connectivity index (χ3v) is 5.22. The predicted octanol–water partition coefficient (Wildman–Crippen LogP) is 2.70. The number of anilines is 1. The molecule has 1 N–H and O–H groups in total. The average molecular weight is 427 g/mol. The highest BCUT2D eigenvalue weighted by Crippen LogP contribution is 2.26. The molecular formula is C19H23ClN2O5S. The van der Waals surface area contributed by atoms with Crippen molar-refractivity contribution in [2.75, 3.05) is 30.8 Å². The molecule has 1 amide bonds. The Bertz CT molecular complexity index is 903. The smallest absolute Gasteiger partial charge is 0.241 e. The first-order valence-electron chi connectivity index (χ1n) is 8.49. The van der Waals surface area contributed by atoms with Gasteiger partial charge in [0.25, 0.3) is 0 Å². The van der Waals surface area contributed by atoms with Crippen LogP contribution in [0.3, 0.4) is 0 Å². The SMILES string of the molecule is COc1ccc(OC[C@H](C)NC(=O)CN(c2ccccc2Cl)S(C)(=O)=O)cc1. The maximum absolute atomic E-state index is 12.4. The number of carbonyl (C=O) groups is 1. The van der Waals surface area contributed by atoms with Crippen molar-refractivity contribution in [3.8, 4) is 11.5 Å². The van der Waals surface area contributed by atoms with Crippen LogP contribution in [0.25, 0.3) is 0 Å². The number of carbonyl (C=O) groups excluding carboxylic acids is 1. The number of hydrogen-bond acceptors (Lipinski definition) is 5. The van der Waals surface area contributed by atoms with Crippen molar-refractivity contribution in [2.24, 2.45) is 0 Å². The van der Waals surface area contributed by atoms with Gasteiger partial charge in [0.05, 0.1) is 30.1 Å². The van der Waals surface area contributed by atoms with Gasteiger partial charge in [-0.05, 0) is 43.3 Å². The standard InChI is InChI=1S/C19H23ClN2O5S/c1-14(13-27-16-10-8-15(26-2)9-11-16)21-19(23)12-22(28(3,24)25)18-7-5-4-6-17(18)20/h4-11,14H,12-13H2,1-3H3,(H,21,23)/t14-/m0/s1. The molecule has 0 bridgehead atoms. The number of para-hydroxylation sites is 1. The van der Waals surface area contributed by atoms with E-state index in [9.17, 15) is 13.2 Å². The normalized spacial score (nSPS) is 12.1. The highest BCUT2D eigenvalue weighted by molar-refractivity contribution is 7.92. The van der Waals surface area contributed by atoms with E-state index < -0.39 is 15.9 Å². The van der Waals surface area contributed by atoms with Crippen LogP contribution in [0.2, 0.25) is 5.02 Å². The van der Waals surface area contributed by atoms with Crippen LogP contribution in [0.4, 0.5) is 5.69 Å². The molecule has 2 rings (SSSR count). The maximum atomic E-state index is 12.4. The predicted molar refractivity (Wildman–Crippen MR) is 110 cm³/mol. The number of amides is 1. The van der Waals surface area contributed by atoms with Crippen LogP contribution in [0.1, 0.15) is 6.92 Å². The lowest BCUT2D eigenvalue weighted by Crippen LogP contribution is -2.45. The number of nitrogens with zero attached hydrogens (tertiary/aromatic N) is 1. The molecule has 0 aliphatic heterocycles.